The van der Waals surface area contributed by atoms with E-state index in [-0.39, 0.29) is 5.41 Å². The SMILES string of the molecule is CCNCCCCCCOc1cc(C)ccc1C(C)(C)C. The second-order valence-corrected chi connectivity index (χ2v) is 6.87. The first-order chi connectivity index (χ1) is 9.95. The summed E-state index contributed by atoms with van der Waals surface area (Å²) in [5, 5.41) is 3.36. The van der Waals surface area contributed by atoms with Gasteiger partial charge in [-0.2, -0.15) is 0 Å². The van der Waals surface area contributed by atoms with Crippen LogP contribution in [-0.2, 0) is 5.41 Å². The highest BCUT2D eigenvalue weighted by atomic mass is 16.5. The van der Waals surface area contributed by atoms with Gasteiger partial charge in [-0.05, 0) is 55.5 Å². The van der Waals surface area contributed by atoms with Crippen molar-refractivity contribution in [2.24, 2.45) is 0 Å². The molecule has 2 nitrogen and oxygen atoms in total. The van der Waals surface area contributed by atoms with Crippen LogP contribution in [-0.4, -0.2) is 19.7 Å². The second-order valence-electron chi connectivity index (χ2n) is 6.87. The molecule has 0 aliphatic rings. The number of ether oxygens (including phenoxy) is 1. The maximum atomic E-state index is 6.06. The van der Waals surface area contributed by atoms with Gasteiger partial charge in [-0.15, -0.1) is 0 Å². The van der Waals surface area contributed by atoms with E-state index in [0.717, 1.165) is 31.9 Å². The van der Waals surface area contributed by atoms with Gasteiger partial charge in [-0.3, -0.25) is 0 Å². The van der Waals surface area contributed by atoms with Crippen LogP contribution in [0, 0.1) is 6.92 Å². The predicted molar refractivity (Wildman–Crippen MR) is 92.4 cm³/mol. The van der Waals surface area contributed by atoms with Crippen molar-refractivity contribution in [2.45, 2.75) is 65.7 Å². The van der Waals surface area contributed by atoms with Crippen LogP contribution in [0.2, 0.25) is 0 Å². The van der Waals surface area contributed by atoms with Crippen LogP contribution in [0.3, 0.4) is 0 Å². The fraction of sp³-hybridized carbons (Fsp3) is 0.684. The van der Waals surface area contributed by atoms with E-state index in [4.69, 9.17) is 4.74 Å². The molecule has 120 valence electrons. The Morgan fingerprint density at radius 1 is 1.05 bits per heavy atom. The lowest BCUT2D eigenvalue weighted by Crippen LogP contribution is -2.14. The van der Waals surface area contributed by atoms with Crippen molar-refractivity contribution in [1.82, 2.24) is 5.32 Å². The van der Waals surface area contributed by atoms with Crippen LogP contribution < -0.4 is 10.1 Å². The lowest BCUT2D eigenvalue weighted by Gasteiger charge is -2.23. The Labute approximate surface area is 131 Å². The van der Waals surface area contributed by atoms with Gasteiger partial charge >= 0.3 is 0 Å². The molecule has 0 saturated heterocycles. The summed E-state index contributed by atoms with van der Waals surface area (Å²) in [5.41, 5.74) is 2.71. The smallest absolute Gasteiger partial charge is 0.123 e. The standard InChI is InChI=1S/C19H33NO/c1-6-20-13-9-7-8-10-14-21-18-15-16(2)11-12-17(18)19(3,4)5/h11-12,15,20H,6-10,13-14H2,1-5H3. The van der Waals surface area contributed by atoms with Crippen LogP contribution in [0.5, 0.6) is 5.75 Å². The summed E-state index contributed by atoms with van der Waals surface area (Å²) < 4.78 is 6.06. The Bertz CT molecular complexity index is 407. The molecular weight excluding hydrogens is 258 g/mol. The summed E-state index contributed by atoms with van der Waals surface area (Å²) in [6, 6.07) is 6.56. The third kappa shape index (κ3) is 6.99. The fourth-order valence-corrected chi connectivity index (χ4v) is 2.43. The summed E-state index contributed by atoms with van der Waals surface area (Å²) in [6.07, 6.45) is 4.95. The molecule has 0 fully saturated rings. The zero-order valence-corrected chi connectivity index (χ0v) is 14.6. The van der Waals surface area contributed by atoms with E-state index in [0.29, 0.717) is 0 Å². The number of unbranched alkanes of at least 4 members (excludes halogenated alkanes) is 3. The minimum Gasteiger partial charge on any atom is -0.493 e. The topological polar surface area (TPSA) is 21.3 Å². The molecule has 21 heavy (non-hydrogen) atoms. The summed E-state index contributed by atoms with van der Waals surface area (Å²) >= 11 is 0. The molecule has 0 saturated carbocycles. The lowest BCUT2D eigenvalue weighted by molar-refractivity contribution is 0.296. The molecule has 0 bridgehead atoms. The molecule has 1 aromatic rings. The van der Waals surface area contributed by atoms with E-state index in [9.17, 15) is 0 Å². The third-order valence-electron chi connectivity index (χ3n) is 3.70. The van der Waals surface area contributed by atoms with Crippen LogP contribution in [0.25, 0.3) is 0 Å². The zero-order chi connectivity index (χ0) is 15.7. The minimum atomic E-state index is 0.134. The highest BCUT2D eigenvalue weighted by Crippen LogP contribution is 2.32. The molecule has 0 aliphatic carbocycles. The van der Waals surface area contributed by atoms with E-state index >= 15 is 0 Å². The molecule has 1 rings (SSSR count). The van der Waals surface area contributed by atoms with Gasteiger partial charge in [0.05, 0.1) is 6.61 Å². The maximum Gasteiger partial charge on any atom is 0.123 e. The normalized spacial score (nSPS) is 11.7. The van der Waals surface area contributed by atoms with Gasteiger partial charge in [-0.25, -0.2) is 0 Å². The summed E-state index contributed by atoms with van der Waals surface area (Å²) in [5.74, 6) is 1.06. The number of aryl methyl sites for hydroxylation is 1. The van der Waals surface area contributed by atoms with Crippen LogP contribution >= 0.6 is 0 Å². The summed E-state index contributed by atoms with van der Waals surface area (Å²) in [6.45, 7) is 14.0. The Morgan fingerprint density at radius 3 is 2.43 bits per heavy atom. The number of benzene rings is 1. The fourth-order valence-electron chi connectivity index (χ4n) is 2.43. The molecule has 0 heterocycles. The van der Waals surface area contributed by atoms with E-state index in [2.05, 4.69) is 58.1 Å². The molecule has 0 aliphatic heterocycles. The summed E-state index contributed by atoms with van der Waals surface area (Å²) in [7, 11) is 0. The molecule has 0 unspecified atom stereocenters. The number of hydrogen-bond acceptors (Lipinski definition) is 2. The van der Waals surface area contributed by atoms with Crippen molar-refractivity contribution in [2.75, 3.05) is 19.7 Å². The van der Waals surface area contributed by atoms with Gasteiger partial charge in [0.2, 0.25) is 0 Å². The van der Waals surface area contributed by atoms with Gasteiger partial charge in [0.15, 0.2) is 0 Å². The highest BCUT2D eigenvalue weighted by molar-refractivity contribution is 5.41. The van der Waals surface area contributed by atoms with Crippen molar-refractivity contribution < 1.29 is 4.74 Å². The van der Waals surface area contributed by atoms with Gasteiger partial charge in [-0.1, -0.05) is 52.7 Å². The number of nitrogens with one attached hydrogen (secondary N) is 1. The number of rotatable bonds is 9. The average molecular weight is 291 g/mol. The largest absolute Gasteiger partial charge is 0.493 e. The first kappa shape index (κ1) is 18.0. The molecule has 2 heteroatoms. The molecule has 0 atom stereocenters. The molecule has 1 aromatic carbocycles. The Kier molecular flexibility index (Phi) is 7.81. The average Bonchev–Trinajstić information content (AvgIpc) is 2.40. The van der Waals surface area contributed by atoms with Gasteiger partial charge in [0.25, 0.3) is 0 Å². The Morgan fingerprint density at radius 2 is 1.76 bits per heavy atom. The van der Waals surface area contributed by atoms with Gasteiger partial charge in [0.1, 0.15) is 5.75 Å². The molecule has 0 radical (unpaired) electrons. The van der Waals surface area contributed by atoms with E-state index in [1.807, 2.05) is 0 Å². The first-order valence-electron chi connectivity index (χ1n) is 8.40. The van der Waals surface area contributed by atoms with Crippen LogP contribution in [0.4, 0.5) is 0 Å². The highest BCUT2D eigenvalue weighted by Gasteiger charge is 2.18. The third-order valence-corrected chi connectivity index (χ3v) is 3.70. The van der Waals surface area contributed by atoms with E-state index in [1.54, 1.807) is 0 Å². The second kappa shape index (κ2) is 9.09. The van der Waals surface area contributed by atoms with Gasteiger partial charge < -0.3 is 10.1 Å². The molecular formula is C19H33NO. The molecule has 0 aromatic heterocycles. The Hall–Kier alpha value is -1.02. The van der Waals surface area contributed by atoms with E-state index in [1.165, 1.54) is 30.4 Å². The summed E-state index contributed by atoms with van der Waals surface area (Å²) in [4.78, 5) is 0. The Balaban J connectivity index is 2.36. The van der Waals surface area contributed by atoms with Crippen molar-refractivity contribution >= 4 is 0 Å². The van der Waals surface area contributed by atoms with Crippen LogP contribution in [0.1, 0.15) is 64.5 Å². The first-order valence-corrected chi connectivity index (χ1v) is 8.40. The van der Waals surface area contributed by atoms with Crippen LogP contribution in [0.15, 0.2) is 18.2 Å². The van der Waals surface area contributed by atoms with E-state index < -0.39 is 0 Å². The predicted octanol–water partition coefficient (Wildman–Crippen LogP) is 4.84. The quantitative estimate of drug-likeness (QED) is 0.657. The minimum absolute atomic E-state index is 0.134. The number of hydrogen-bond donors (Lipinski definition) is 1. The van der Waals surface area contributed by atoms with Crippen molar-refractivity contribution in [3.05, 3.63) is 29.3 Å². The maximum absolute atomic E-state index is 6.06. The lowest BCUT2D eigenvalue weighted by atomic mass is 9.86. The zero-order valence-electron chi connectivity index (χ0n) is 14.6. The van der Waals surface area contributed by atoms with Gasteiger partial charge in [0, 0.05) is 0 Å². The van der Waals surface area contributed by atoms with Crippen molar-refractivity contribution in [3.63, 3.8) is 0 Å². The molecule has 0 amide bonds. The monoisotopic (exact) mass is 291 g/mol. The molecule has 0 spiro atoms. The van der Waals surface area contributed by atoms with Crippen molar-refractivity contribution in [3.8, 4) is 5.75 Å². The molecule has 1 N–H and O–H groups in total. The van der Waals surface area contributed by atoms with Crippen molar-refractivity contribution in [1.29, 1.82) is 0 Å².